The van der Waals surface area contributed by atoms with E-state index in [2.05, 4.69) is 106 Å². The van der Waals surface area contributed by atoms with Crippen LogP contribution in [0.4, 0.5) is 0 Å². The van der Waals surface area contributed by atoms with Crippen molar-refractivity contribution in [1.29, 1.82) is 0 Å². The van der Waals surface area contributed by atoms with E-state index in [1.54, 1.807) is 0 Å². The number of allylic oxidation sites excluding steroid dienone is 14. The second-order valence-corrected chi connectivity index (χ2v) is 24.1. The number of phosphoric ester groups is 2. The molecule has 16 nitrogen and oxygen atoms in total. The molecule has 0 bridgehead atoms. The number of carbonyl (C=O) groups excluding carboxylic acids is 3. The predicted molar refractivity (Wildman–Crippen MR) is 334 cm³/mol. The van der Waals surface area contributed by atoms with Crippen molar-refractivity contribution in [1.82, 2.24) is 0 Å². The van der Waals surface area contributed by atoms with Crippen molar-refractivity contribution < 1.29 is 75.8 Å². The Morgan fingerprint density at radius 3 is 1.02 bits per heavy atom. The SMILES string of the molecule is CC/C=C\C/C=C\C/C=C\CCCCCCCCCC(=O)OCC(O)COP(=O)(O)OCC(O)COP(=O)(O)OCC(COC(=O)CCCCCCCCC/C=C\C/C=C\C/C=C\CC)OC(=O)CCCCCCC/C=C\CCCCCC. The summed E-state index contributed by atoms with van der Waals surface area (Å²) in [5.74, 6) is -1.60. The van der Waals surface area contributed by atoms with Crippen LogP contribution in [-0.4, -0.2) is 95.9 Å². The Hall–Kier alpha value is -3.27. The summed E-state index contributed by atoms with van der Waals surface area (Å²) in [7, 11) is -9.77. The molecule has 0 rings (SSSR count). The zero-order valence-electron chi connectivity index (χ0n) is 51.6. The van der Waals surface area contributed by atoms with Gasteiger partial charge >= 0.3 is 33.6 Å². The molecule has 0 aliphatic rings. The van der Waals surface area contributed by atoms with Crippen molar-refractivity contribution in [2.75, 3.05) is 39.6 Å². The van der Waals surface area contributed by atoms with Crippen LogP contribution in [0.5, 0.6) is 0 Å². The smallest absolute Gasteiger partial charge is 0.463 e. The van der Waals surface area contributed by atoms with E-state index in [0.29, 0.717) is 19.3 Å². The van der Waals surface area contributed by atoms with Gasteiger partial charge < -0.3 is 34.2 Å². The largest absolute Gasteiger partial charge is 0.472 e. The lowest BCUT2D eigenvalue weighted by Crippen LogP contribution is -2.30. The minimum atomic E-state index is -4.92. The van der Waals surface area contributed by atoms with Gasteiger partial charge in [0.2, 0.25) is 0 Å². The molecule has 0 heterocycles. The van der Waals surface area contributed by atoms with E-state index in [0.717, 1.165) is 167 Å². The van der Waals surface area contributed by atoms with Crippen molar-refractivity contribution in [3.05, 3.63) is 85.1 Å². The fourth-order valence-corrected chi connectivity index (χ4v) is 9.82. The molecule has 0 amide bonds. The molecular formula is C65H114O16P2. The molecule has 4 N–H and O–H groups in total. The summed E-state index contributed by atoms with van der Waals surface area (Å²) in [4.78, 5) is 58.2. The maximum Gasteiger partial charge on any atom is 0.472 e. The van der Waals surface area contributed by atoms with E-state index in [4.69, 9.17) is 32.3 Å². The van der Waals surface area contributed by atoms with Crippen LogP contribution in [0.2, 0.25) is 0 Å². The number of phosphoric acid groups is 2. The van der Waals surface area contributed by atoms with Crippen molar-refractivity contribution >= 4 is 33.6 Å². The Bertz CT molecular complexity index is 1860. The Morgan fingerprint density at radius 1 is 0.349 bits per heavy atom. The van der Waals surface area contributed by atoms with Gasteiger partial charge in [0.25, 0.3) is 0 Å². The number of aliphatic hydroxyl groups excluding tert-OH is 2. The molecule has 0 aromatic carbocycles. The molecule has 0 radical (unpaired) electrons. The standard InChI is InChI=1S/C65H114O16P2/c1-4-7-10-13-16-19-22-25-27-29-31-34-36-39-42-45-48-51-63(68)75-54-60(66)55-77-82(71,72)78-56-61(67)57-79-83(73,74)80-59-62(81-65(70)53-50-47-44-41-38-33-24-21-18-15-12-9-6-3)58-76-64(69)52-49-46-43-40-37-35-32-30-28-26-23-20-17-14-11-8-5-2/h7-8,10-11,16-17,19-21,24-28,60-62,66-67H,4-6,9,12-15,18,22-23,29-59H2,1-3H3,(H,71,72)(H,73,74)/b10-7-,11-8-,19-16-,20-17-,24-21-,27-25-,28-26-. The first kappa shape index (κ1) is 79.7. The average Bonchev–Trinajstić information content (AvgIpc) is 3.46. The monoisotopic (exact) mass is 1210 g/mol. The minimum Gasteiger partial charge on any atom is -0.463 e. The maximum atomic E-state index is 12.9. The third kappa shape index (κ3) is 60.2. The first-order valence-corrected chi connectivity index (χ1v) is 34.9. The zero-order chi connectivity index (χ0) is 61.0. The highest BCUT2D eigenvalue weighted by Crippen LogP contribution is 2.45. The van der Waals surface area contributed by atoms with Crippen molar-refractivity contribution in [2.24, 2.45) is 0 Å². The number of ether oxygens (including phenoxy) is 3. The van der Waals surface area contributed by atoms with Crippen LogP contribution in [-0.2, 0) is 55.8 Å². The van der Waals surface area contributed by atoms with Crippen LogP contribution < -0.4 is 0 Å². The van der Waals surface area contributed by atoms with Gasteiger partial charge in [0.15, 0.2) is 6.10 Å². The first-order chi connectivity index (χ1) is 40.2. The lowest BCUT2D eigenvalue weighted by molar-refractivity contribution is -0.161. The quantitative estimate of drug-likeness (QED) is 0.0146. The molecule has 5 atom stereocenters. The summed E-state index contributed by atoms with van der Waals surface area (Å²) in [6, 6.07) is 0. The summed E-state index contributed by atoms with van der Waals surface area (Å²) in [5, 5.41) is 20.5. The molecule has 0 aromatic rings. The topological polar surface area (TPSA) is 231 Å². The Morgan fingerprint density at radius 2 is 0.639 bits per heavy atom. The second-order valence-electron chi connectivity index (χ2n) is 21.1. The summed E-state index contributed by atoms with van der Waals surface area (Å²) >= 11 is 0. The van der Waals surface area contributed by atoms with Gasteiger partial charge in [-0.05, 0) is 109 Å². The van der Waals surface area contributed by atoms with E-state index < -0.39 is 91.5 Å². The van der Waals surface area contributed by atoms with Crippen LogP contribution in [0.15, 0.2) is 85.1 Å². The minimum absolute atomic E-state index is 0.0922. The molecule has 5 unspecified atom stereocenters. The van der Waals surface area contributed by atoms with Crippen LogP contribution in [0.25, 0.3) is 0 Å². The Labute approximate surface area is 502 Å². The number of hydrogen-bond donors (Lipinski definition) is 4. The fraction of sp³-hybridized carbons (Fsp3) is 0.738. The van der Waals surface area contributed by atoms with Gasteiger partial charge in [0.1, 0.15) is 25.4 Å². The summed E-state index contributed by atoms with van der Waals surface area (Å²) in [6.07, 6.45) is 60.7. The highest BCUT2D eigenvalue weighted by molar-refractivity contribution is 7.47. The van der Waals surface area contributed by atoms with E-state index >= 15 is 0 Å². The van der Waals surface area contributed by atoms with E-state index in [9.17, 15) is 43.5 Å². The predicted octanol–water partition coefficient (Wildman–Crippen LogP) is 17.0. The number of hydrogen-bond acceptors (Lipinski definition) is 14. The van der Waals surface area contributed by atoms with Gasteiger partial charge in [-0.15, -0.1) is 0 Å². The summed E-state index contributed by atoms with van der Waals surface area (Å²) in [5.41, 5.74) is 0. The molecule has 0 spiro atoms. The number of esters is 3. The molecule has 0 saturated carbocycles. The lowest BCUT2D eigenvalue weighted by Gasteiger charge is -2.21. The van der Waals surface area contributed by atoms with E-state index in [-0.39, 0.29) is 19.3 Å². The van der Waals surface area contributed by atoms with E-state index in [1.165, 1.54) is 25.7 Å². The highest BCUT2D eigenvalue weighted by Gasteiger charge is 2.29. The van der Waals surface area contributed by atoms with Gasteiger partial charge in [-0.3, -0.25) is 32.5 Å². The lowest BCUT2D eigenvalue weighted by atomic mass is 10.1. The van der Waals surface area contributed by atoms with Crippen LogP contribution in [0, 0.1) is 0 Å². The van der Waals surface area contributed by atoms with Crippen molar-refractivity contribution in [3.63, 3.8) is 0 Å². The van der Waals surface area contributed by atoms with Gasteiger partial charge in [-0.25, -0.2) is 9.13 Å². The Balaban J connectivity index is 4.68. The van der Waals surface area contributed by atoms with Crippen LogP contribution in [0.1, 0.15) is 252 Å². The third-order valence-electron chi connectivity index (χ3n) is 13.1. The van der Waals surface area contributed by atoms with Gasteiger partial charge in [-0.2, -0.15) is 0 Å². The first-order valence-electron chi connectivity index (χ1n) is 31.9. The zero-order valence-corrected chi connectivity index (χ0v) is 53.4. The van der Waals surface area contributed by atoms with Crippen molar-refractivity contribution in [2.45, 2.75) is 270 Å². The summed E-state index contributed by atoms with van der Waals surface area (Å²) < 4.78 is 60.7. The fourth-order valence-electron chi connectivity index (χ4n) is 8.24. The molecule has 0 fully saturated rings. The highest BCUT2D eigenvalue weighted by atomic mass is 31.2. The molecule has 0 aromatic heterocycles. The third-order valence-corrected chi connectivity index (χ3v) is 15.0. The van der Waals surface area contributed by atoms with Crippen LogP contribution >= 0.6 is 15.6 Å². The molecule has 83 heavy (non-hydrogen) atoms. The maximum absolute atomic E-state index is 12.9. The molecule has 0 saturated heterocycles. The molecular weight excluding hydrogens is 1100 g/mol. The number of carbonyl (C=O) groups is 3. The number of rotatable bonds is 60. The summed E-state index contributed by atoms with van der Waals surface area (Å²) in [6.45, 7) is 2.39. The van der Waals surface area contributed by atoms with Gasteiger partial charge in [0, 0.05) is 19.3 Å². The molecule has 0 aliphatic carbocycles. The number of aliphatic hydroxyl groups is 2. The second kappa shape index (κ2) is 59.1. The average molecular weight is 1210 g/mol. The van der Waals surface area contributed by atoms with Gasteiger partial charge in [0.05, 0.1) is 26.4 Å². The molecule has 0 aliphatic heterocycles. The Kier molecular flexibility index (Phi) is 56.8. The van der Waals surface area contributed by atoms with Crippen LogP contribution in [0.3, 0.4) is 0 Å². The number of unbranched alkanes of at least 4 members (excludes halogenated alkanes) is 23. The van der Waals surface area contributed by atoms with Gasteiger partial charge in [-0.1, -0.05) is 209 Å². The van der Waals surface area contributed by atoms with Crippen molar-refractivity contribution in [3.8, 4) is 0 Å². The normalized spacial score (nSPS) is 14.9. The van der Waals surface area contributed by atoms with E-state index in [1.807, 2.05) is 0 Å². The molecule has 480 valence electrons. The molecule has 18 heteroatoms.